The highest BCUT2D eigenvalue weighted by Crippen LogP contribution is 2.30. The van der Waals surface area contributed by atoms with E-state index in [1.807, 2.05) is 0 Å². The lowest BCUT2D eigenvalue weighted by Gasteiger charge is -2.34. The van der Waals surface area contributed by atoms with Crippen molar-refractivity contribution in [3.63, 3.8) is 0 Å². The van der Waals surface area contributed by atoms with Gasteiger partial charge in [0.15, 0.2) is 0 Å². The number of carbonyl (C=O) groups is 2. The Morgan fingerprint density at radius 2 is 1.76 bits per heavy atom. The van der Waals surface area contributed by atoms with Gasteiger partial charge in [-0.1, -0.05) is 12.6 Å². The third kappa shape index (κ3) is 6.14. The number of amides is 2. The topological polar surface area (TPSA) is 86.8 Å². The van der Waals surface area contributed by atoms with Crippen molar-refractivity contribution < 1.29 is 31.2 Å². The molecule has 11 heteroatoms. The second kappa shape index (κ2) is 10.3. The summed E-state index contributed by atoms with van der Waals surface area (Å²) in [5.41, 5.74) is -0.958. The molecule has 1 N–H and O–H groups in total. The van der Waals surface area contributed by atoms with E-state index in [9.17, 15) is 31.2 Å². The van der Waals surface area contributed by atoms with E-state index in [0.29, 0.717) is 32.4 Å². The molecule has 2 saturated heterocycles. The average Bonchev–Trinajstić information content (AvgIpc) is 3.04. The third-order valence-corrected chi connectivity index (χ3v) is 8.56. The van der Waals surface area contributed by atoms with Crippen LogP contribution in [0.3, 0.4) is 0 Å². The highest BCUT2D eigenvalue weighted by molar-refractivity contribution is 7.89. The lowest BCUT2D eigenvalue weighted by Crippen LogP contribution is -2.47. The molecule has 1 unspecified atom stereocenters. The quantitative estimate of drug-likeness (QED) is 0.648. The van der Waals surface area contributed by atoms with Crippen molar-refractivity contribution in [1.29, 1.82) is 0 Å². The number of nitrogens with one attached hydrogen (secondary N) is 1. The van der Waals surface area contributed by atoms with Gasteiger partial charge in [0, 0.05) is 37.8 Å². The van der Waals surface area contributed by atoms with Gasteiger partial charge in [0.1, 0.15) is 0 Å². The first-order valence-electron chi connectivity index (χ1n) is 10.9. The van der Waals surface area contributed by atoms with Crippen LogP contribution < -0.4 is 5.32 Å². The molecule has 2 fully saturated rings. The fraction of sp³-hybridized carbons (Fsp3) is 0.545. The number of carbonyl (C=O) groups excluding carboxylic acids is 2. The third-order valence-electron chi connectivity index (χ3n) is 6.17. The van der Waals surface area contributed by atoms with Gasteiger partial charge in [0.25, 0.3) is 5.91 Å². The molecule has 1 aromatic carbocycles. The molecule has 2 aliphatic heterocycles. The van der Waals surface area contributed by atoms with Gasteiger partial charge in [-0.2, -0.15) is 13.2 Å². The molecule has 2 amide bonds. The number of piperidine rings is 1. The second-order valence-electron chi connectivity index (χ2n) is 8.35. The largest absolute Gasteiger partial charge is 0.416 e. The van der Waals surface area contributed by atoms with Crippen LogP contribution in [0.4, 0.5) is 13.2 Å². The van der Waals surface area contributed by atoms with E-state index in [4.69, 9.17) is 0 Å². The number of alkyl halides is 3. The van der Waals surface area contributed by atoms with Crippen LogP contribution in [-0.2, 0) is 21.0 Å². The summed E-state index contributed by atoms with van der Waals surface area (Å²) in [6.45, 7) is 4.40. The monoisotopic (exact) mass is 487 g/mol. The van der Waals surface area contributed by atoms with Gasteiger partial charge in [-0.25, -0.2) is 12.7 Å². The standard InChI is InChI=1S/C22H28F3N3O4S/c1-2-20(29)26-18-7-4-11-28(14-8-18)33(31,32)19-9-12-27(13-10-19)21(30)16-5-3-6-17(15-16)22(23,24)25/h2-3,5-6,15,18-19H,1,4,7-14H2,(H,26,29). The van der Waals surface area contributed by atoms with Gasteiger partial charge in [-0.15, -0.1) is 0 Å². The van der Waals surface area contributed by atoms with Gasteiger partial charge < -0.3 is 10.2 Å². The van der Waals surface area contributed by atoms with Gasteiger partial charge in [0.2, 0.25) is 15.9 Å². The Hall–Kier alpha value is -2.40. The molecule has 3 rings (SSSR count). The molecule has 2 heterocycles. The Balaban J connectivity index is 1.59. The summed E-state index contributed by atoms with van der Waals surface area (Å²) in [6.07, 6.45) is -1.11. The Kier molecular flexibility index (Phi) is 7.84. The van der Waals surface area contributed by atoms with Crippen LogP contribution >= 0.6 is 0 Å². The van der Waals surface area contributed by atoms with Gasteiger partial charge in [0.05, 0.1) is 10.8 Å². The minimum Gasteiger partial charge on any atom is -0.350 e. The van der Waals surface area contributed by atoms with Crippen LogP contribution in [0.2, 0.25) is 0 Å². The molecular weight excluding hydrogens is 459 g/mol. The van der Waals surface area contributed by atoms with E-state index < -0.39 is 32.9 Å². The van der Waals surface area contributed by atoms with Crippen molar-refractivity contribution >= 4 is 21.8 Å². The van der Waals surface area contributed by atoms with E-state index in [2.05, 4.69) is 11.9 Å². The number of hydrogen-bond donors (Lipinski definition) is 1. The zero-order chi connectivity index (χ0) is 24.2. The van der Waals surface area contributed by atoms with E-state index in [-0.39, 0.29) is 43.4 Å². The minimum atomic E-state index is -4.54. The van der Waals surface area contributed by atoms with Crippen LogP contribution in [0, 0.1) is 0 Å². The molecule has 7 nitrogen and oxygen atoms in total. The van der Waals surface area contributed by atoms with Crippen LogP contribution in [-0.4, -0.2) is 66.9 Å². The number of sulfonamides is 1. The summed E-state index contributed by atoms with van der Waals surface area (Å²) in [5.74, 6) is -0.818. The van der Waals surface area contributed by atoms with E-state index in [1.54, 1.807) is 0 Å². The maximum absolute atomic E-state index is 13.2. The lowest BCUT2D eigenvalue weighted by atomic mass is 10.1. The Bertz CT molecular complexity index is 989. The Labute approximate surface area is 191 Å². The van der Waals surface area contributed by atoms with E-state index in [0.717, 1.165) is 12.1 Å². The summed E-state index contributed by atoms with van der Waals surface area (Å²) in [6, 6.07) is 4.15. The molecular formula is C22H28F3N3O4S. The first-order valence-corrected chi connectivity index (χ1v) is 12.4. The summed E-state index contributed by atoms with van der Waals surface area (Å²) in [4.78, 5) is 25.6. The van der Waals surface area contributed by atoms with Gasteiger partial charge in [-0.3, -0.25) is 9.59 Å². The zero-order valence-corrected chi connectivity index (χ0v) is 19.0. The molecule has 0 radical (unpaired) electrons. The molecule has 182 valence electrons. The lowest BCUT2D eigenvalue weighted by molar-refractivity contribution is -0.137. The average molecular weight is 488 g/mol. The molecule has 0 bridgehead atoms. The number of halogens is 3. The van der Waals surface area contributed by atoms with Crippen LogP contribution in [0.25, 0.3) is 0 Å². The number of rotatable bonds is 5. The zero-order valence-electron chi connectivity index (χ0n) is 18.2. The van der Waals surface area contributed by atoms with Crippen molar-refractivity contribution in [1.82, 2.24) is 14.5 Å². The molecule has 0 spiro atoms. The molecule has 2 aliphatic rings. The molecule has 0 saturated carbocycles. The number of nitrogens with zero attached hydrogens (tertiary/aromatic N) is 2. The summed E-state index contributed by atoms with van der Waals surface area (Å²) >= 11 is 0. The van der Waals surface area contributed by atoms with Crippen molar-refractivity contribution in [2.75, 3.05) is 26.2 Å². The van der Waals surface area contributed by atoms with Crippen LogP contribution in [0.1, 0.15) is 48.0 Å². The SMILES string of the molecule is C=CC(=O)NC1CCCN(S(=O)(=O)C2CCN(C(=O)c3cccc(C(F)(F)F)c3)CC2)CC1. The number of likely N-dealkylation sites (tertiary alicyclic amines) is 1. The summed E-state index contributed by atoms with van der Waals surface area (Å²) in [7, 11) is -3.59. The van der Waals surface area contributed by atoms with Crippen molar-refractivity contribution in [3.05, 3.63) is 48.0 Å². The minimum absolute atomic E-state index is 0.0636. The molecule has 0 aromatic heterocycles. The number of hydrogen-bond acceptors (Lipinski definition) is 4. The maximum atomic E-state index is 13.2. The van der Waals surface area contributed by atoms with Crippen molar-refractivity contribution in [2.45, 2.75) is 49.6 Å². The Morgan fingerprint density at radius 3 is 2.39 bits per heavy atom. The first kappa shape index (κ1) is 25.2. The normalized spacial score (nSPS) is 21.3. The van der Waals surface area contributed by atoms with E-state index in [1.165, 1.54) is 27.4 Å². The van der Waals surface area contributed by atoms with Crippen LogP contribution in [0.5, 0.6) is 0 Å². The summed E-state index contributed by atoms with van der Waals surface area (Å²) < 4.78 is 66.6. The highest BCUT2D eigenvalue weighted by atomic mass is 32.2. The Morgan fingerprint density at radius 1 is 1.06 bits per heavy atom. The predicted octanol–water partition coefficient (Wildman–Crippen LogP) is 2.80. The molecule has 1 aromatic rings. The molecule has 33 heavy (non-hydrogen) atoms. The van der Waals surface area contributed by atoms with Gasteiger partial charge in [-0.05, 0) is 56.4 Å². The number of benzene rings is 1. The fourth-order valence-corrected chi connectivity index (χ4v) is 6.28. The second-order valence-corrected chi connectivity index (χ2v) is 10.6. The molecule has 1 atom stereocenters. The summed E-state index contributed by atoms with van der Waals surface area (Å²) in [5, 5.41) is 2.16. The van der Waals surface area contributed by atoms with Crippen molar-refractivity contribution in [2.24, 2.45) is 0 Å². The predicted molar refractivity (Wildman–Crippen MR) is 117 cm³/mol. The molecule has 0 aliphatic carbocycles. The van der Waals surface area contributed by atoms with E-state index >= 15 is 0 Å². The first-order chi connectivity index (χ1) is 15.5. The van der Waals surface area contributed by atoms with Crippen molar-refractivity contribution in [3.8, 4) is 0 Å². The smallest absolute Gasteiger partial charge is 0.350 e. The van der Waals surface area contributed by atoms with Gasteiger partial charge >= 0.3 is 6.18 Å². The fourth-order valence-electron chi connectivity index (χ4n) is 4.31. The highest BCUT2D eigenvalue weighted by Gasteiger charge is 2.37. The maximum Gasteiger partial charge on any atom is 0.416 e. The van der Waals surface area contributed by atoms with Crippen LogP contribution in [0.15, 0.2) is 36.9 Å².